The lowest BCUT2D eigenvalue weighted by molar-refractivity contribution is 0.928. The molecule has 8 aromatic carbocycles. The summed E-state index contributed by atoms with van der Waals surface area (Å²) < 4.78 is 0. The Hall–Kier alpha value is -4.72. The van der Waals surface area contributed by atoms with Crippen LogP contribution in [0.5, 0.6) is 0 Å². The molecule has 262 valence electrons. The van der Waals surface area contributed by atoms with Crippen molar-refractivity contribution in [3.63, 3.8) is 0 Å². The van der Waals surface area contributed by atoms with Gasteiger partial charge in [0.15, 0.2) is 0 Å². The Morgan fingerprint density at radius 2 is 0.481 bits per heavy atom. The summed E-state index contributed by atoms with van der Waals surface area (Å²) in [5, 5.41) is 10.1. The molecule has 0 unspecified atom stereocenters. The van der Waals surface area contributed by atoms with E-state index in [1.54, 1.807) is 0 Å². The molecule has 6 heteroatoms. The van der Waals surface area contributed by atoms with Crippen LogP contribution in [-0.4, -0.2) is 9.97 Å². The summed E-state index contributed by atoms with van der Waals surface area (Å²) in [5.41, 5.74) is 4.26. The molecule has 0 saturated carbocycles. The van der Waals surface area contributed by atoms with Gasteiger partial charge in [-0.1, -0.05) is 121 Å². The highest BCUT2D eigenvalue weighted by Crippen LogP contribution is 2.35. The van der Waals surface area contributed by atoms with Crippen LogP contribution in [0.1, 0.15) is 22.8 Å². The van der Waals surface area contributed by atoms with E-state index < -0.39 is 0 Å². The first-order valence-corrected chi connectivity index (χ1v) is 22.0. The number of nitrogens with zero attached hydrogens (tertiary/aromatic N) is 2. The van der Waals surface area contributed by atoms with Crippen LogP contribution in [0.15, 0.2) is 189 Å². The third kappa shape index (κ3) is 8.18. The molecule has 1 aromatic heterocycles. The second-order valence-corrected chi connectivity index (χ2v) is 17.4. The van der Waals surface area contributed by atoms with E-state index in [1.807, 2.05) is 47.0 Å². The molecular weight excluding hydrogens is 733 g/mol. The predicted octanol–water partition coefficient (Wildman–Crippen LogP) is 14.3. The first kappa shape index (κ1) is 35.0. The van der Waals surface area contributed by atoms with E-state index in [4.69, 9.17) is 9.97 Å². The fourth-order valence-corrected chi connectivity index (χ4v) is 10.3. The fourth-order valence-electron chi connectivity index (χ4n) is 6.68. The van der Waals surface area contributed by atoms with Crippen LogP contribution < -0.4 is 0 Å². The molecule has 0 aliphatic rings. The van der Waals surface area contributed by atoms with Crippen molar-refractivity contribution in [2.45, 2.75) is 42.6 Å². The normalized spacial score (nSPS) is 11.6. The Morgan fingerprint density at radius 3 is 0.722 bits per heavy atom. The molecule has 0 radical (unpaired) electrons. The topological polar surface area (TPSA) is 25.8 Å². The molecule has 0 aliphatic heterocycles. The van der Waals surface area contributed by atoms with Crippen molar-refractivity contribution >= 4 is 90.1 Å². The molecule has 9 aromatic rings. The highest BCUT2D eigenvalue weighted by molar-refractivity contribution is 7.99. The lowest BCUT2D eigenvalue weighted by atomic mass is 10.1. The van der Waals surface area contributed by atoms with Crippen molar-refractivity contribution in [3.8, 4) is 0 Å². The summed E-state index contributed by atoms with van der Waals surface area (Å²) in [6, 6.07) is 61.3. The molecule has 0 saturated heterocycles. The number of hydrogen-bond donors (Lipinski definition) is 0. The maximum Gasteiger partial charge on any atom is 0.0733 e. The summed E-state index contributed by atoms with van der Waals surface area (Å²) in [5.74, 6) is 3.02. The van der Waals surface area contributed by atoms with Gasteiger partial charge >= 0.3 is 0 Å². The van der Waals surface area contributed by atoms with Crippen LogP contribution in [0, 0.1) is 0 Å². The van der Waals surface area contributed by atoms with Crippen LogP contribution in [0.2, 0.25) is 0 Å². The van der Waals surface area contributed by atoms with Gasteiger partial charge in [0.1, 0.15) is 0 Å². The van der Waals surface area contributed by atoms with E-state index >= 15 is 0 Å². The van der Waals surface area contributed by atoms with E-state index in [9.17, 15) is 0 Å². The number of fused-ring (bicyclic) bond motifs is 4. The molecule has 0 spiro atoms. The van der Waals surface area contributed by atoms with Crippen molar-refractivity contribution < 1.29 is 0 Å². The first-order valence-electron chi connectivity index (χ1n) is 18.0. The molecule has 0 atom stereocenters. The maximum atomic E-state index is 5.52. The molecule has 9 rings (SSSR count). The summed E-state index contributed by atoms with van der Waals surface area (Å²) in [4.78, 5) is 16.0. The van der Waals surface area contributed by atoms with E-state index in [0.717, 1.165) is 45.8 Å². The van der Waals surface area contributed by atoms with Crippen LogP contribution >= 0.6 is 47.0 Å². The zero-order chi connectivity index (χ0) is 36.1. The predicted molar refractivity (Wildman–Crippen MR) is 236 cm³/mol. The lowest BCUT2D eigenvalue weighted by Gasteiger charge is -2.15. The van der Waals surface area contributed by atoms with Gasteiger partial charge in [0.05, 0.1) is 22.8 Å². The molecule has 0 aliphatic carbocycles. The van der Waals surface area contributed by atoms with Gasteiger partial charge in [-0.2, -0.15) is 0 Å². The molecule has 1 heterocycles. The zero-order valence-electron chi connectivity index (χ0n) is 29.5. The molecule has 0 fully saturated rings. The molecule has 0 N–H and O–H groups in total. The number of aromatic nitrogens is 2. The average molecular weight is 769 g/mol. The number of hydrogen-bond acceptors (Lipinski definition) is 6. The van der Waals surface area contributed by atoms with Gasteiger partial charge in [0.25, 0.3) is 0 Å². The second-order valence-electron chi connectivity index (χ2n) is 13.2. The monoisotopic (exact) mass is 768 g/mol. The highest BCUT2D eigenvalue weighted by Gasteiger charge is 2.17. The minimum absolute atomic E-state index is 0.755. The average Bonchev–Trinajstić information content (AvgIpc) is 3.23. The van der Waals surface area contributed by atoms with Crippen molar-refractivity contribution in [1.82, 2.24) is 9.97 Å². The van der Waals surface area contributed by atoms with Crippen molar-refractivity contribution in [2.24, 2.45) is 0 Å². The van der Waals surface area contributed by atoms with Crippen LogP contribution in [0.4, 0.5) is 0 Å². The number of thioether (sulfide) groups is 4. The smallest absolute Gasteiger partial charge is 0.0733 e. The fraction of sp³-hybridized carbons (Fsp3) is 0.0833. The van der Waals surface area contributed by atoms with Gasteiger partial charge < -0.3 is 0 Å². The Kier molecular flexibility index (Phi) is 10.6. The first-order chi connectivity index (χ1) is 26.7. The summed E-state index contributed by atoms with van der Waals surface area (Å²) in [6.45, 7) is 0. The largest absolute Gasteiger partial charge is 0.252 e. The molecular formula is C48H36N2S4. The Labute approximate surface area is 333 Å². The standard InChI is InChI=1S/C48H36N2S4/c1-5-13-37-25-41(21-17-33(37)9-1)51-29-45-46(30-52-42-22-18-34-10-2-6-14-38(34)26-42)50-48(32-54-44-24-20-36-12-4-8-16-40(36)28-44)47(49-45)31-53-43-23-19-35-11-3-7-15-39(35)27-43/h1-28H,29-32H2. The molecule has 54 heavy (non-hydrogen) atoms. The number of benzene rings is 8. The van der Waals surface area contributed by atoms with Crippen LogP contribution in [0.3, 0.4) is 0 Å². The number of rotatable bonds is 12. The summed E-state index contributed by atoms with van der Waals surface area (Å²) in [6.07, 6.45) is 0. The van der Waals surface area contributed by atoms with Crippen molar-refractivity contribution in [1.29, 1.82) is 0 Å². The lowest BCUT2D eigenvalue weighted by Crippen LogP contribution is -2.08. The third-order valence-electron chi connectivity index (χ3n) is 9.59. The zero-order valence-corrected chi connectivity index (χ0v) is 32.8. The minimum atomic E-state index is 0.755. The van der Waals surface area contributed by atoms with Gasteiger partial charge in [-0.3, -0.25) is 9.97 Å². The quantitative estimate of drug-likeness (QED) is 0.115. The van der Waals surface area contributed by atoms with Gasteiger partial charge in [0, 0.05) is 42.6 Å². The summed E-state index contributed by atoms with van der Waals surface area (Å²) in [7, 11) is 0. The summed E-state index contributed by atoms with van der Waals surface area (Å²) >= 11 is 7.38. The van der Waals surface area contributed by atoms with E-state index in [-0.39, 0.29) is 0 Å². The van der Waals surface area contributed by atoms with E-state index in [1.165, 1.54) is 62.7 Å². The van der Waals surface area contributed by atoms with E-state index in [0.29, 0.717) is 0 Å². The van der Waals surface area contributed by atoms with Gasteiger partial charge in [0.2, 0.25) is 0 Å². The van der Waals surface area contributed by atoms with Crippen LogP contribution in [-0.2, 0) is 23.0 Å². The Balaban J connectivity index is 1.05. The van der Waals surface area contributed by atoms with Crippen LogP contribution in [0.25, 0.3) is 43.1 Å². The maximum absolute atomic E-state index is 5.52. The SMILES string of the molecule is c1ccc2cc(SCc3nc(CSc4ccc5ccccc5c4)c(CSc4ccc5ccccc5c4)nc3CSc3ccc4ccccc4c3)ccc2c1. The minimum Gasteiger partial charge on any atom is -0.252 e. The van der Waals surface area contributed by atoms with Gasteiger partial charge in [-0.25, -0.2) is 0 Å². The molecule has 0 amide bonds. The van der Waals surface area contributed by atoms with E-state index in [2.05, 4.69) is 170 Å². The van der Waals surface area contributed by atoms with Gasteiger partial charge in [-0.05, 0) is 91.6 Å². The Morgan fingerprint density at radius 1 is 0.259 bits per heavy atom. The molecule has 0 bridgehead atoms. The van der Waals surface area contributed by atoms with Crippen molar-refractivity contribution in [2.75, 3.05) is 0 Å². The second kappa shape index (κ2) is 16.3. The van der Waals surface area contributed by atoms with Crippen molar-refractivity contribution in [3.05, 3.63) is 193 Å². The molecule has 2 nitrogen and oxygen atoms in total. The van der Waals surface area contributed by atoms with Gasteiger partial charge in [-0.15, -0.1) is 47.0 Å². The Bertz CT molecular complexity index is 2390. The highest BCUT2D eigenvalue weighted by atomic mass is 32.2. The third-order valence-corrected chi connectivity index (χ3v) is 13.6.